The first kappa shape index (κ1) is 26.7. The maximum Gasteiger partial charge on any atom is 0.258 e. The van der Waals surface area contributed by atoms with Crippen LogP contribution in [0.1, 0.15) is 72.0 Å². The molecule has 3 aliphatic rings. The number of fused-ring (bicyclic) bond motifs is 1. The summed E-state index contributed by atoms with van der Waals surface area (Å²) in [6.45, 7) is 11.8. The number of benzene rings is 2. The van der Waals surface area contributed by atoms with Gasteiger partial charge in [0.1, 0.15) is 12.2 Å². The van der Waals surface area contributed by atoms with E-state index in [1.165, 1.54) is 5.56 Å². The zero-order valence-corrected chi connectivity index (χ0v) is 24.1. The Bertz CT molecular complexity index is 1500. The van der Waals surface area contributed by atoms with Crippen molar-refractivity contribution in [2.45, 2.75) is 70.6 Å². The van der Waals surface area contributed by atoms with Crippen LogP contribution >= 0.6 is 0 Å². The van der Waals surface area contributed by atoms with Crippen LogP contribution in [-0.4, -0.2) is 51.4 Å². The number of nitrogens with zero attached hydrogens (tertiary/aromatic N) is 6. The van der Waals surface area contributed by atoms with Crippen molar-refractivity contribution in [3.63, 3.8) is 0 Å². The Kier molecular flexibility index (Phi) is 6.55. The molecule has 2 aliphatic heterocycles. The molecule has 208 valence electrons. The Labute approximate surface area is 236 Å². The summed E-state index contributed by atoms with van der Waals surface area (Å²) in [6, 6.07) is 15.2. The second kappa shape index (κ2) is 9.83. The Hall–Kier alpha value is -3.54. The first-order valence-corrected chi connectivity index (χ1v) is 14.3. The molecular weight excluding hydrogens is 500 g/mol. The zero-order chi connectivity index (χ0) is 28.2. The maximum absolute atomic E-state index is 13.9. The summed E-state index contributed by atoms with van der Waals surface area (Å²) in [4.78, 5) is 18.3. The average Bonchev–Trinajstić information content (AvgIpc) is 3.48. The van der Waals surface area contributed by atoms with Crippen LogP contribution in [0.2, 0.25) is 0 Å². The summed E-state index contributed by atoms with van der Waals surface area (Å²) < 4.78 is 7.73. The Balaban J connectivity index is 1.30. The molecule has 1 atom stereocenters. The van der Waals surface area contributed by atoms with E-state index in [0.717, 1.165) is 72.7 Å². The van der Waals surface area contributed by atoms with Gasteiger partial charge in [0.15, 0.2) is 0 Å². The number of amides is 1. The number of ether oxygens (including phenoxy) is 1. The molecule has 1 aliphatic carbocycles. The third-order valence-corrected chi connectivity index (χ3v) is 9.53. The summed E-state index contributed by atoms with van der Waals surface area (Å²) in [5, 5.41) is 18.0. The number of rotatable bonds is 6. The first-order chi connectivity index (χ1) is 19.1. The van der Waals surface area contributed by atoms with Gasteiger partial charge in [-0.15, -0.1) is 10.2 Å². The number of carbonyl (C=O) groups excluding carboxylic acids is 1. The highest BCUT2D eigenvalue weighted by atomic mass is 16.5. The molecular formula is C32H38N6O2. The summed E-state index contributed by atoms with van der Waals surface area (Å²) in [5.41, 5.74) is 5.89. The van der Waals surface area contributed by atoms with Crippen molar-refractivity contribution in [1.29, 1.82) is 5.26 Å². The van der Waals surface area contributed by atoms with Gasteiger partial charge in [0, 0.05) is 54.7 Å². The molecule has 1 saturated heterocycles. The fourth-order valence-corrected chi connectivity index (χ4v) is 6.89. The number of carbonyl (C=O) groups is 1. The molecule has 2 aromatic carbocycles. The van der Waals surface area contributed by atoms with Crippen molar-refractivity contribution in [3.8, 4) is 6.07 Å². The predicted octanol–water partition coefficient (Wildman–Crippen LogP) is 4.65. The molecule has 0 bridgehead atoms. The van der Waals surface area contributed by atoms with E-state index in [2.05, 4.69) is 73.1 Å². The Morgan fingerprint density at radius 2 is 2.02 bits per heavy atom. The average molecular weight is 539 g/mol. The van der Waals surface area contributed by atoms with E-state index in [-0.39, 0.29) is 28.9 Å². The maximum atomic E-state index is 13.9. The molecule has 3 aromatic rings. The molecule has 1 amide bonds. The molecule has 2 fully saturated rings. The lowest BCUT2D eigenvalue weighted by Crippen LogP contribution is -2.50. The van der Waals surface area contributed by atoms with Gasteiger partial charge in [-0.2, -0.15) is 5.26 Å². The van der Waals surface area contributed by atoms with E-state index < -0.39 is 0 Å². The van der Waals surface area contributed by atoms with Gasteiger partial charge in [-0.1, -0.05) is 18.2 Å². The molecule has 8 nitrogen and oxygen atoms in total. The number of aromatic nitrogens is 3. The van der Waals surface area contributed by atoms with Crippen LogP contribution in [0, 0.1) is 24.2 Å². The van der Waals surface area contributed by atoms with Crippen molar-refractivity contribution >= 4 is 11.6 Å². The second-order valence-electron chi connectivity index (χ2n) is 12.5. The number of morpholine rings is 1. The monoisotopic (exact) mass is 538 g/mol. The third kappa shape index (κ3) is 4.42. The van der Waals surface area contributed by atoms with Crippen LogP contribution in [-0.2, 0) is 35.7 Å². The lowest BCUT2D eigenvalue weighted by atomic mass is 9.57. The van der Waals surface area contributed by atoms with Crippen molar-refractivity contribution in [1.82, 2.24) is 19.7 Å². The minimum absolute atomic E-state index is 0.0356. The molecule has 8 heteroatoms. The lowest BCUT2D eigenvalue weighted by Gasteiger charge is -2.45. The quantitative estimate of drug-likeness (QED) is 0.454. The Morgan fingerprint density at radius 1 is 1.23 bits per heavy atom. The van der Waals surface area contributed by atoms with E-state index in [4.69, 9.17) is 4.74 Å². The Morgan fingerprint density at radius 3 is 2.73 bits per heavy atom. The smallest absolute Gasteiger partial charge is 0.258 e. The molecule has 6 rings (SSSR count). The minimum Gasteiger partial charge on any atom is -0.376 e. The molecule has 40 heavy (non-hydrogen) atoms. The molecule has 3 heterocycles. The molecule has 0 N–H and O–H groups in total. The number of anilines is 1. The fourth-order valence-electron chi connectivity index (χ4n) is 6.89. The normalized spacial score (nSPS) is 25.0. The van der Waals surface area contributed by atoms with Gasteiger partial charge in [-0.05, 0) is 81.0 Å². The first-order valence-electron chi connectivity index (χ1n) is 14.3. The van der Waals surface area contributed by atoms with Crippen LogP contribution in [0.3, 0.4) is 0 Å². The van der Waals surface area contributed by atoms with E-state index in [0.29, 0.717) is 6.54 Å². The largest absolute Gasteiger partial charge is 0.376 e. The number of hydrogen-bond acceptors (Lipinski definition) is 6. The summed E-state index contributed by atoms with van der Waals surface area (Å²) >= 11 is 0. The van der Waals surface area contributed by atoms with Gasteiger partial charge in [0.2, 0.25) is 0 Å². The summed E-state index contributed by atoms with van der Waals surface area (Å²) in [6.07, 6.45) is 4.20. The fraction of sp³-hybridized carbons (Fsp3) is 0.500. The van der Waals surface area contributed by atoms with Crippen LogP contribution < -0.4 is 4.90 Å². The van der Waals surface area contributed by atoms with E-state index in [9.17, 15) is 10.1 Å². The van der Waals surface area contributed by atoms with Crippen LogP contribution in [0.4, 0.5) is 5.69 Å². The highest BCUT2D eigenvalue weighted by Gasteiger charge is 2.47. The van der Waals surface area contributed by atoms with Crippen molar-refractivity contribution in [2.75, 3.05) is 24.6 Å². The summed E-state index contributed by atoms with van der Waals surface area (Å²) in [7, 11) is 1.96. The number of aryl methyl sites for hydroxylation is 2. The van der Waals surface area contributed by atoms with Crippen LogP contribution in [0.15, 0.2) is 42.7 Å². The van der Waals surface area contributed by atoms with E-state index in [1.807, 2.05) is 28.6 Å². The number of nitriles is 1. The van der Waals surface area contributed by atoms with Gasteiger partial charge < -0.3 is 14.2 Å². The van der Waals surface area contributed by atoms with Gasteiger partial charge in [-0.25, -0.2) is 0 Å². The molecule has 0 spiro atoms. The van der Waals surface area contributed by atoms with Crippen molar-refractivity contribution < 1.29 is 9.53 Å². The minimum atomic E-state index is -0.209. The molecule has 0 unspecified atom stereocenters. The highest BCUT2D eigenvalue weighted by molar-refractivity contribution is 6.10. The third-order valence-electron chi connectivity index (χ3n) is 9.53. The van der Waals surface area contributed by atoms with Gasteiger partial charge >= 0.3 is 0 Å². The van der Waals surface area contributed by atoms with Crippen molar-refractivity contribution in [3.05, 3.63) is 76.4 Å². The van der Waals surface area contributed by atoms with E-state index in [1.54, 1.807) is 6.33 Å². The van der Waals surface area contributed by atoms with Gasteiger partial charge in [-0.3, -0.25) is 9.69 Å². The predicted molar refractivity (Wildman–Crippen MR) is 153 cm³/mol. The van der Waals surface area contributed by atoms with Crippen molar-refractivity contribution in [2.24, 2.45) is 13.0 Å². The molecule has 0 radical (unpaired) electrons. The molecule has 1 aromatic heterocycles. The van der Waals surface area contributed by atoms with Gasteiger partial charge in [0.25, 0.3) is 5.91 Å². The topological polar surface area (TPSA) is 87.3 Å². The lowest BCUT2D eigenvalue weighted by molar-refractivity contribution is -0.0555. The molecule has 1 saturated carbocycles. The van der Waals surface area contributed by atoms with E-state index >= 15 is 0 Å². The van der Waals surface area contributed by atoms with Crippen LogP contribution in [0.5, 0.6) is 0 Å². The number of hydrogen-bond donors (Lipinski definition) is 0. The van der Waals surface area contributed by atoms with Gasteiger partial charge in [0.05, 0.1) is 25.3 Å². The van der Waals surface area contributed by atoms with Crippen LogP contribution in [0.25, 0.3) is 0 Å². The summed E-state index contributed by atoms with van der Waals surface area (Å²) in [5.74, 6) is 0.995. The second-order valence-corrected chi connectivity index (χ2v) is 12.5. The zero-order valence-electron chi connectivity index (χ0n) is 24.1. The standard InChI is InChI=1S/C32H38N6O2/c1-21-11-25(31(3,4)37-9-10-40-22(2)18-37)13-27-28(21)19-38(30(27)39)26-8-6-7-24(12-26)32(14-23(15-32)17-33)16-29-35-34-20-36(29)5/h6-8,11-13,20,22-23H,9-10,14-16,18-19H2,1-5H3/t22-,23?,32?/m1/s1. The highest BCUT2D eigenvalue weighted by Crippen LogP contribution is 2.50. The SMILES string of the molecule is Cc1cc(C(C)(C)N2CCO[C@H](C)C2)cc2c1CN(c1cccc(C3(Cc4nncn4C)CC(C#N)C3)c1)C2=O.